The molecule has 0 radical (unpaired) electrons. The lowest BCUT2D eigenvalue weighted by Gasteiger charge is -2.33. The van der Waals surface area contributed by atoms with Gasteiger partial charge in [-0.15, -0.1) is 11.3 Å². The number of hydrogen-bond acceptors (Lipinski definition) is 6. The van der Waals surface area contributed by atoms with Gasteiger partial charge in [-0.3, -0.25) is 9.59 Å². The zero-order valence-corrected chi connectivity index (χ0v) is 14.6. The second kappa shape index (κ2) is 7.50. The second-order valence-electron chi connectivity index (χ2n) is 5.71. The van der Waals surface area contributed by atoms with Gasteiger partial charge in [-0.25, -0.2) is 4.98 Å². The highest BCUT2D eigenvalue weighted by molar-refractivity contribution is 8.01. The third kappa shape index (κ3) is 3.88. The number of fused-ring (bicyclic) bond motifs is 1. The number of rotatable bonds is 6. The van der Waals surface area contributed by atoms with Gasteiger partial charge in [0.15, 0.2) is 4.34 Å². The van der Waals surface area contributed by atoms with Crippen LogP contribution in [0, 0.1) is 5.41 Å². The summed E-state index contributed by atoms with van der Waals surface area (Å²) in [5, 5.41) is 12.2. The van der Waals surface area contributed by atoms with Crippen molar-refractivity contribution in [2.45, 2.75) is 17.2 Å². The molecule has 2 aromatic rings. The number of nitrogens with zero attached hydrogens (tertiary/aromatic N) is 1. The topological polar surface area (TPSA) is 88.5 Å². The van der Waals surface area contributed by atoms with Gasteiger partial charge in [0.05, 0.1) is 21.4 Å². The molecule has 128 valence electrons. The van der Waals surface area contributed by atoms with Crippen molar-refractivity contribution < 1.29 is 19.4 Å². The van der Waals surface area contributed by atoms with Crippen LogP contribution in [0.3, 0.4) is 0 Å². The predicted octanol–water partition coefficient (Wildman–Crippen LogP) is 2.39. The molecule has 0 unspecified atom stereocenters. The van der Waals surface area contributed by atoms with E-state index < -0.39 is 11.4 Å². The Kier molecular flexibility index (Phi) is 5.37. The molecule has 1 fully saturated rings. The van der Waals surface area contributed by atoms with Gasteiger partial charge in [-0.1, -0.05) is 23.9 Å². The number of carbonyl (C=O) groups is 2. The summed E-state index contributed by atoms with van der Waals surface area (Å²) >= 11 is 2.92. The number of benzene rings is 1. The van der Waals surface area contributed by atoms with Crippen LogP contribution >= 0.6 is 23.1 Å². The number of carboxylic acids is 1. The fourth-order valence-electron chi connectivity index (χ4n) is 2.59. The van der Waals surface area contributed by atoms with E-state index in [2.05, 4.69) is 10.3 Å². The van der Waals surface area contributed by atoms with Gasteiger partial charge < -0.3 is 15.2 Å². The highest BCUT2D eigenvalue weighted by Gasteiger charge is 2.40. The fourth-order valence-corrected chi connectivity index (χ4v) is 4.49. The number of thiazole rings is 1. The average molecular weight is 366 g/mol. The van der Waals surface area contributed by atoms with E-state index in [0.29, 0.717) is 26.1 Å². The molecule has 24 heavy (non-hydrogen) atoms. The lowest BCUT2D eigenvalue weighted by atomic mass is 9.80. The molecule has 0 aliphatic carbocycles. The van der Waals surface area contributed by atoms with Crippen LogP contribution in [-0.2, 0) is 14.3 Å². The van der Waals surface area contributed by atoms with Gasteiger partial charge in [0.2, 0.25) is 5.91 Å². The number of aliphatic carboxylic acids is 1. The lowest BCUT2D eigenvalue weighted by molar-refractivity contribution is -0.154. The highest BCUT2D eigenvalue weighted by atomic mass is 32.2. The summed E-state index contributed by atoms with van der Waals surface area (Å²) in [5.41, 5.74) is 0.0199. The number of ether oxygens (including phenoxy) is 1. The molecule has 1 aliphatic rings. The van der Waals surface area contributed by atoms with Crippen molar-refractivity contribution in [2.24, 2.45) is 5.41 Å². The Labute approximate surface area is 147 Å². The minimum atomic E-state index is -0.908. The lowest BCUT2D eigenvalue weighted by Crippen LogP contribution is -2.46. The van der Waals surface area contributed by atoms with Gasteiger partial charge >= 0.3 is 5.97 Å². The molecule has 0 atom stereocenters. The summed E-state index contributed by atoms with van der Waals surface area (Å²) in [5.74, 6) is -0.817. The molecule has 1 saturated heterocycles. The number of hydrogen-bond donors (Lipinski definition) is 2. The summed E-state index contributed by atoms with van der Waals surface area (Å²) in [7, 11) is 0. The minimum absolute atomic E-state index is 0.144. The molecule has 0 bridgehead atoms. The summed E-state index contributed by atoms with van der Waals surface area (Å²) in [6.45, 7) is 0.982. The van der Waals surface area contributed by atoms with Crippen LogP contribution in [0.2, 0.25) is 0 Å². The van der Waals surface area contributed by atoms with Gasteiger partial charge in [0.25, 0.3) is 0 Å². The molecule has 0 spiro atoms. The van der Waals surface area contributed by atoms with Crippen molar-refractivity contribution in [1.29, 1.82) is 0 Å². The summed E-state index contributed by atoms with van der Waals surface area (Å²) in [6, 6.07) is 7.83. The van der Waals surface area contributed by atoms with Crippen molar-refractivity contribution in [3.8, 4) is 0 Å². The first-order valence-corrected chi connectivity index (χ1v) is 9.45. The second-order valence-corrected chi connectivity index (χ2v) is 7.96. The molecule has 1 aromatic heterocycles. The van der Waals surface area contributed by atoms with Crippen LogP contribution in [0.4, 0.5) is 0 Å². The first-order valence-electron chi connectivity index (χ1n) is 7.65. The number of thioether (sulfide) groups is 1. The number of amides is 1. The van der Waals surface area contributed by atoms with Gasteiger partial charge in [0, 0.05) is 19.8 Å². The van der Waals surface area contributed by atoms with Crippen LogP contribution in [0.15, 0.2) is 28.6 Å². The van der Waals surface area contributed by atoms with E-state index in [9.17, 15) is 14.7 Å². The Morgan fingerprint density at radius 2 is 2.08 bits per heavy atom. The van der Waals surface area contributed by atoms with Crippen molar-refractivity contribution in [1.82, 2.24) is 10.3 Å². The quantitative estimate of drug-likeness (QED) is 0.763. The molecule has 1 amide bonds. The van der Waals surface area contributed by atoms with Crippen LogP contribution in [-0.4, -0.2) is 47.5 Å². The molecule has 1 aliphatic heterocycles. The zero-order chi connectivity index (χ0) is 17.0. The molecule has 6 nitrogen and oxygen atoms in total. The predicted molar refractivity (Wildman–Crippen MR) is 93.5 cm³/mol. The smallest absolute Gasteiger partial charge is 0.311 e. The van der Waals surface area contributed by atoms with Crippen molar-refractivity contribution >= 4 is 45.2 Å². The van der Waals surface area contributed by atoms with E-state index in [1.54, 1.807) is 11.3 Å². The highest BCUT2D eigenvalue weighted by Crippen LogP contribution is 2.31. The SMILES string of the molecule is O=C(CSc1nc2ccccc2s1)NCC1(C(=O)O)CCOCC1. The monoisotopic (exact) mass is 366 g/mol. The number of nitrogens with one attached hydrogen (secondary N) is 1. The maximum atomic E-state index is 12.1. The van der Waals surface area contributed by atoms with Gasteiger partial charge in [0.1, 0.15) is 0 Å². The van der Waals surface area contributed by atoms with E-state index in [4.69, 9.17) is 4.74 Å². The Bertz CT molecular complexity index is 708. The molecule has 2 heterocycles. The third-order valence-corrected chi connectivity index (χ3v) is 6.31. The molecule has 0 saturated carbocycles. The Morgan fingerprint density at radius 3 is 2.79 bits per heavy atom. The van der Waals surface area contributed by atoms with Gasteiger partial charge in [-0.2, -0.15) is 0 Å². The first-order chi connectivity index (χ1) is 11.6. The fraction of sp³-hybridized carbons (Fsp3) is 0.438. The summed E-state index contributed by atoms with van der Waals surface area (Å²) in [4.78, 5) is 28.1. The minimum Gasteiger partial charge on any atom is -0.481 e. The number of carboxylic acid groups (broad SMARTS) is 1. The van der Waals surface area contributed by atoms with Crippen molar-refractivity contribution in [2.75, 3.05) is 25.5 Å². The maximum absolute atomic E-state index is 12.1. The normalized spacial score (nSPS) is 16.8. The Balaban J connectivity index is 1.52. The van der Waals surface area contributed by atoms with E-state index in [-0.39, 0.29) is 18.2 Å². The van der Waals surface area contributed by atoms with Crippen molar-refractivity contribution in [3.63, 3.8) is 0 Å². The molecule has 8 heteroatoms. The van der Waals surface area contributed by atoms with E-state index in [1.807, 2.05) is 24.3 Å². The standard InChI is InChI=1S/C16H18N2O4S2/c19-13(17-10-16(14(20)21)5-7-22-8-6-16)9-23-15-18-11-3-1-2-4-12(11)24-15/h1-4H,5-10H2,(H,17,19)(H,20,21). The van der Waals surface area contributed by atoms with E-state index in [1.165, 1.54) is 11.8 Å². The first kappa shape index (κ1) is 17.2. The summed E-state index contributed by atoms with van der Waals surface area (Å²) in [6.07, 6.45) is 0.848. The average Bonchev–Trinajstić information content (AvgIpc) is 3.02. The Morgan fingerprint density at radius 1 is 1.33 bits per heavy atom. The molecular weight excluding hydrogens is 348 g/mol. The van der Waals surface area contributed by atoms with Crippen molar-refractivity contribution in [3.05, 3.63) is 24.3 Å². The number of para-hydroxylation sites is 1. The molecule has 3 rings (SSSR count). The largest absolute Gasteiger partial charge is 0.481 e. The van der Waals surface area contributed by atoms with Crippen LogP contribution < -0.4 is 5.32 Å². The maximum Gasteiger partial charge on any atom is 0.311 e. The van der Waals surface area contributed by atoms with Crippen LogP contribution in [0.25, 0.3) is 10.2 Å². The molecular formula is C16H18N2O4S2. The summed E-state index contributed by atoms with van der Waals surface area (Å²) < 4.78 is 7.16. The Hall–Kier alpha value is -1.64. The number of aromatic nitrogens is 1. The van der Waals surface area contributed by atoms with E-state index in [0.717, 1.165) is 14.6 Å². The van der Waals surface area contributed by atoms with E-state index >= 15 is 0 Å². The zero-order valence-electron chi connectivity index (χ0n) is 13.0. The van der Waals surface area contributed by atoms with Crippen LogP contribution in [0.1, 0.15) is 12.8 Å². The van der Waals surface area contributed by atoms with Crippen LogP contribution in [0.5, 0.6) is 0 Å². The molecule has 2 N–H and O–H groups in total. The number of carbonyl (C=O) groups excluding carboxylic acids is 1. The van der Waals surface area contributed by atoms with Gasteiger partial charge in [-0.05, 0) is 25.0 Å². The molecule has 1 aromatic carbocycles. The third-order valence-electron chi connectivity index (χ3n) is 4.13.